The Labute approximate surface area is 167 Å². The Morgan fingerprint density at radius 2 is 1.83 bits per heavy atom. The third-order valence-corrected chi connectivity index (χ3v) is 4.74. The van der Waals surface area contributed by atoms with E-state index in [9.17, 15) is 29.4 Å². The third-order valence-electron chi connectivity index (χ3n) is 4.74. The average Bonchev–Trinajstić information content (AvgIpc) is 2.69. The number of anilines is 1. The summed E-state index contributed by atoms with van der Waals surface area (Å²) in [4.78, 5) is 48.1. The van der Waals surface area contributed by atoms with E-state index in [0.717, 1.165) is 0 Å². The molecule has 1 fully saturated rings. The molecule has 1 saturated heterocycles. The number of phenols is 1. The van der Waals surface area contributed by atoms with Crippen LogP contribution in [-0.2, 0) is 23.9 Å². The van der Waals surface area contributed by atoms with Crippen LogP contribution in [0.15, 0.2) is 18.2 Å². The Bertz CT molecular complexity index is 796. The first kappa shape index (κ1) is 22.2. The molecule has 1 aliphatic heterocycles. The number of hydrogen-bond donors (Lipinski definition) is 4. The number of phenolic OH excluding ortho intramolecular Hbond substituents is 1. The molecule has 1 aliphatic rings. The molecular formula is C19H24N2O8. The van der Waals surface area contributed by atoms with Gasteiger partial charge in [0, 0.05) is 0 Å². The van der Waals surface area contributed by atoms with Crippen LogP contribution in [-0.4, -0.2) is 58.8 Å². The second-order valence-corrected chi connectivity index (χ2v) is 6.70. The zero-order valence-corrected chi connectivity index (χ0v) is 16.2. The number of amides is 2. The highest BCUT2D eigenvalue weighted by Crippen LogP contribution is 2.27. The van der Waals surface area contributed by atoms with Crippen molar-refractivity contribution in [3.63, 3.8) is 0 Å². The number of ether oxygens (including phenoxy) is 2. The van der Waals surface area contributed by atoms with Gasteiger partial charge in [-0.15, -0.1) is 0 Å². The van der Waals surface area contributed by atoms with Crippen LogP contribution in [0.4, 0.5) is 5.69 Å². The Kier molecular flexibility index (Phi) is 7.16. The number of benzene rings is 1. The molecule has 1 aromatic carbocycles. The van der Waals surface area contributed by atoms with Crippen molar-refractivity contribution in [3.05, 3.63) is 23.8 Å². The molecule has 0 aliphatic carbocycles. The second kappa shape index (κ2) is 9.37. The highest BCUT2D eigenvalue weighted by Gasteiger charge is 2.40. The molecule has 2 rings (SSSR count). The predicted molar refractivity (Wildman–Crippen MR) is 99.9 cm³/mol. The molecule has 5 atom stereocenters. The Morgan fingerprint density at radius 3 is 2.45 bits per heavy atom. The molecule has 0 aromatic heterocycles. The summed E-state index contributed by atoms with van der Waals surface area (Å²) >= 11 is 0. The van der Waals surface area contributed by atoms with Crippen molar-refractivity contribution in [1.29, 1.82) is 0 Å². The van der Waals surface area contributed by atoms with Crippen molar-refractivity contribution in [2.24, 2.45) is 5.92 Å². The Morgan fingerprint density at radius 1 is 1.17 bits per heavy atom. The van der Waals surface area contributed by atoms with Crippen molar-refractivity contribution >= 4 is 29.9 Å². The number of rotatable bonds is 5. The van der Waals surface area contributed by atoms with Gasteiger partial charge in [-0.2, -0.15) is 0 Å². The smallest absolute Gasteiger partial charge is 0.332 e. The van der Waals surface area contributed by atoms with Crippen LogP contribution in [0.5, 0.6) is 5.75 Å². The average molecular weight is 408 g/mol. The van der Waals surface area contributed by atoms with E-state index in [1.807, 2.05) is 0 Å². The number of carbonyl (C=O) groups is 4. The van der Waals surface area contributed by atoms with E-state index in [0.29, 0.717) is 6.41 Å². The van der Waals surface area contributed by atoms with E-state index in [2.05, 4.69) is 10.6 Å². The number of para-hydroxylation sites is 1. The molecule has 1 heterocycles. The van der Waals surface area contributed by atoms with Crippen LogP contribution < -0.4 is 10.6 Å². The van der Waals surface area contributed by atoms with E-state index < -0.39 is 53.9 Å². The first-order chi connectivity index (χ1) is 13.7. The summed E-state index contributed by atoms with van der Waals surface area (Å²) in [5.74, 6) is -3.83. The van der Waals surface area contributed by atoms with Crippen molar-refractivity contribution in [2.45, 2.75) is 51.5 Å². The number of nitrogens with one attached hydrogen (secondary N) is 2. The normalized spacial score (nSPS) is 27.5. The van der Waals surface area contributed by atoms with Crippen molar-refractivity contribution in [1.82, 2.24) is 5.32 Å². The number of carbonyl (C=O) groups excluding carboxylic acids is 4. The molecule has 0 spiro atoms. The zero-order chi connectivity index (χ0) is 21.7. The Balaban J connectivity index is 2.29. The van der Waals surface area contributed by atoms with Gasteiger partial charge in [-0.1, -0.05) is 13.0 Å². The van der Waals surface area contributed by atoms with Crippen LogP contribution in [0.25, 0.3) is 0 Å². The minimum atomic E-state index is -1.38. The van der Waals surface area contributed by atoms with Gasteiger partial charge in [-0.3, -0.25) is 14.4 Å². The summed E-state index contributed by atoms with van der Waals surface area (Å²) in [5.41, 5.74) is -0.200. The van der Waals surface area contributed by atoms with Crippen LogP contribution in [0.1, 0.15) is 37.6 Å². The van der Waals surface area contributed by atoms with Crippen molar-refractivity contribution < 1.29 is 38.9 Å². The largest absolute Gasteiger partial charge is 0.505 e. The molecule has 0 saturated carbocycles. The number of aliphatic hydroxyl groups excluding tert-OH is 1. The fraction of sp³-hybridized carbons (Fsp3) is 0.474. The number of hydrogen-bond acceptors (Lipinski definition) is 8. The standard InChI is InChI=1S/C19H24N2O8/c1-4-11-15(23)10(3)29-19(27)14(9(2)28-18(11)26)21-17(25)12-6-5-7-13(16(12)24)20-8-22/h5-11,14-15,23-24H,4H2,1-3H3,(H,20,22)(H,21,25). The van der Waals surface area contributed by atoms with Gasteiger partial charge in [0.2, 0.25) is 6.41 Å². The quantitative estimate of drug-likeness (QED) is 0.309. The van der Waals surface area contributed by atoms with Gasteiger partial charge in [0.25, 0.3) is 5.91 Å². The fourth-order valence-corrected chi connectivity index (χ4v) is 3.03. The van der Waals surface area contributed by atoms with Gasteiger partial charge < -0.3 is 30.3 Å². The molecule has 4 N–H and O–H groups in total. The number of aliphatic hydroxyl groups is 1. The van der Waals surface area contributed by atoms with Gasteiger partial charge in [0.1, 0.15) is 18.3 Å². The highest BCUT2D eigenvalue weighted by molar-refractivity contribution is 6.01. The number of cyclic esters (lactones) is 2. The van der Waals surface area contributed by atoms with Gasteiger partial charge in [-0.25, -0.2) is 4.79 Å². The minimum Gasteiger partial charge on any atom is -0.505 e. The maximum absolute atomic E-state index is 12.6. The Hall–Kier alpha value is -3.14. The first-order valence-corrected chi connectivity index (χ1v) is 9.13. The topological polar surface area (TPSA) is 151 Å². The van der Waals surface area contributed by atoms with Crippen molar-refractivity contribution in [3.8, 4) is 5.75 Å². The lowest BCUT2D eigenvalue weighted by Gasteiger charge is -2.24. The molecule has 1 aromatic rings. The molecule has 5 unspecified atom stereocenters. The summed E-state index contributed by atoms with van der Waals surface area (Å²) in [7, 11) is 0. The first-order valence-electron chi connectivity index (χ1n) is 9.13. The van der Waals surface area contributed by atoms with Crippen molar-refractivity contribution in [2.75, 3.05) is 5.32 Å². The predicted octanol–water partition coefficient (Wildman–Crippen LogP) is 0.323. The lowest BCUT2D eigenvalue weighted by molar-refractivity contribution is -0.159. The maximum atomic E-state index is 12.6. The lowest BCUT2D eigenvalue weighted by atomic mass is 9.96. The molecule has 0 bridgehead atoms. The lowest BCUT2D eigenvalue weighted by Crippen LogP contribution is -2.50. The fourth-order valence-electron chi connectivity index (χ4n) is 3.03. The molecule has 29 heavy (non-hydrogen) atoms. The van der Waals surface area contributed by atoms with E-state index >= 15 is 0 Å². The van der Waals surface area contributed by atoms with Crippen LogP contribution in [0.3, 0.4) is 0 Å². The number of aromatic hydroxyl groups is 1. The molecule has 0 radical (unpaired) electrons. The van der Waals surface area contributed by atoms with Gasteiger partial charge >= 0.3 is 11.9 Å². The second-order valence-electron chi connectivity index (χ2n) is 6.70. The zero-order valence-electron chi connectivity index (χ0n) is 16.2. The summed E-state index contributed by atoms with van der Waals surface area (Å²) in [6.07, 6.45) is -2.74. The minimum absolute atomic E-state index is 0.00620. The summed E-state index contributed by atoms with van der Waals surface area (Å²) in [6, 6.07) is 2.72. The SMILES string of the molecule is CCC1C(=O)OC(C)C(NC(=O)c2cccc(NC=O)c2O)C(=O)OC(C)C1O. The number of esters is 2. The molecule has 10 heteroatoms. The molecular weight excluding hydrogens is 384 g/mol. The molecule has 158 valence electrons. The monoisotopic (exact) mass is 408 g/mol. The third kappa shape index (κ3) is 4.83. The molecule has 2 amide bonds. The van der Waals surface area contributed by atoms with E-state index in [1.165, 1.54) is 32.0 Å². The van der Waals surface area contributed by atoms with Gasteiger partial charge in [0.05, 0.1) is 17.2 Å². The van der Waals surface area contributed by atoms with E-state index in [1.54, 1.807) is 6.92 Å². The van der Waals surface area contributed by atoms with E-state index in [4.69, 9.17) is 9.47 Å². The molecule has 10 nitrogen and oxygen atoms in total. The maximum Gasteiger partial charge on any atom is 0.332 e. The summed E-state index contributed by atoms with van der Waals surface area (Å²) in [6.45, 7) is 4.53. The van der Waals surface area contributed by atoms with Gasteiger partial charge in [-0.05, 0) is 32.4 Å². The van der Waals surface area contributed by atoms with Gasteiger partial charge in [0.15, 0.2) is 11.8 Å². The summed E-state index contributed by atoms with van der Waals surface area (Å²) < 4.78 is 10.5. The highest BCUT2D eigenvalue weighted by atomic mass is 16.6. The van der Waals surface area contributed by atoms with Crippen LogP contribution in [0.2, 0.25) is 0 Å². The van der Waals surface area contributed by atoms with E-state index in [-0.39, 0.29) is 17.7 Å². The summed E-state index contributed by atoms with van der Waals surface area (Å²) in [5, 5.41) is 25.1. The van der Waals surface area contributed by atoms with Crippen LogP contribution >= 0.6 is 0 Å². The van der Waals surface area contributed by atoms with Crippen LogP contribution in [0, 0.1) is 5.92 Å².